The lowest BCUT2D eigenvalue weighted by Gasteiger charge is -2.02. The van der Waals surface area contributed by atoms with E-state index in [0.717, 1.165) is 19.7 Å². The first kappa shape index (κ1) is 11.7. The van der Waals surface area contributed by atoms with Crippen molar-refractivity contribution in [2.45, 2.75) is 25.8 Å². The van der Waals surface area contributed by atoms with E-state index >= 15 is 0 Å². The lowest BCUT2D eigenvalue weighted by atomic mass is 10.2. The molecule has 0 atom stereocenters. The highest BCUT2D eigenvalue weighted by atomic mass is 32.1. The SMILES string of the molecule is COCCCCCNCc1cccs1. The maximum atomic E-state index is 4.99. The van der Waals surface area contributed by atoms with Crippen molar-refractivity contribution in [1.29, 1.82) is 0 Å². The Hall–Kier alpha value is -0.380. The minimum Gasteiger partial charge on any atom is -0.385 e. The molecule has 0 fully saturated rings. The van der Waals surface area contributed by atoms with Gasteiger partial charge in [-0.2, -0.15) is 0 Å². The largest absolute Gasteiger partial charge is 0.385 e. The lowest BCUT2D eigenvalue weighted by molar-refractivity contribution is 0.192. The zero-order chi connectivity index (χ0) is 10.1. The van der Waals surface area contributed by atoms with E-state index in [1.807, 2.05) is 11.3 Å². The summed E-state index contributed by atoms with van der Waals surface area (Å²) in [4.78, 5) is 1.42. The van der Waals surface area contributed by atoms with Crippen molar-refractivity contribution >= 4 is 11.3 Å². The van der Waals surface area contributed by atoms with E-state index in [1.54, 1.807) is 7.11 Å². The molecule has 1 aromatic rings. The molecule has 2 nitrogen and oxygen atoms in total. The van der Waals surface area contributed by atoms with Crippen LogP contribution in [0.2, 0.25) is 0 Å². The van der Waals surface area contributed by atoms with E-state index in [-0.39, 0.29) is 0 Å². The lowest BCUT2D eigenvalue weighted by Crippen LogP contribution is -2.13. The van der Waals surface area contributed by atoms with Gasteiger partial charge in [0.05, 0.1) is 0 Å². The number of unbranched alkanes of at least 4 members (excludes halogenated alkanes) is 2. The molecule has 0 saturated carbocycles. The second kappa shape index (κ2) is 7.97. The second-order valence-corrected chi connectivity index (χ2v) is 4.34. The Labute approximate surface area is 90.3 Å². The highest BCUT2D eigenvalue weighted by molar-refractivity contribution is 7.09. The van der Waals surface area contributed by atoms with Crippen LogP contribution in [0.1, 0.15) is 24.1 Å². The fraction of sp³-hybridized carbons (Fsp3) is 0.636. The summed E-state index contributed by atoms with van der Waals surface area (Å²) in [6.45, 7) is 3.02. The highest BCUT2D eigenvalue weighted by Gasteiger charge is 1.92. The van der Waals surface area contributed by atoms with Crippen LogP contribution < -0.4 is 5.32 Å². The standard InChI is InChI=1S/C11H19NOS/c1-13-8-4-2-3-7-12-10-11-6-5-9-14-11/h5-6,9,12H,2-4,7-8,10H2,1H3. The summed E-state index contributed by atoms with van der Waals surface area (Å²) < 4.78 is 4.99. The Kier molecular flexibility index (Phi) is 6.66. The first-order chi connectivity index (χ1) is 6.93. The fourth-order valence-corrected chi connectivity index (χ4v) is 1.97. The van der Waals surface area contributed by atoms with Crippen molar-refractivity contribution in [2.75, 3.05) is 20.3 Å². The van der Waals surface area contributed by atoms with Crippen molar-refractivity contribution in [1.82, 2.24) is 5.32 Å². The summed E-state index contributed by atoms with van der Waals surface area (Å²) >= 11 is 1.81. The molecule has 0 saturated heterocycles. The molecule has 0 radical (unpaired) electrons. The predicted molar refractivity (Wildman–Crippen MR) is 61.8 cm³/mol. The Morgan fingerprint density at radius 3 is 3.00 bits per heavy atom. The number of rotatable bonds is 8. The van der Waals surface area contributed by atoms with Gasteiger partial charge in [0.25, 0.3) is 0 Å². The summed E-state index contributed by atoms with van der Waals surface area (Å²) in [6.07, 6.45) is 3.68. The molecule has 1 aromatic heterocycles. The van der Waals surface area contributed by atoms with Crippen LogP contribution in [-0.4, -0.2) is 20.3 Å². The maximum Gasteiger partial charge on any atom is 0.0462 e. The van der Waals surface area contributed by atoms with Gasteiger partial charge in [-0.1, -0.05) is 6.07 Å². The highest BCUT2D eigenvalue weighted by Crippen LogP contribution is 2.07. The van der Waals surface area contributed by atoms with E-state index in [4.69, 9.17) is 4.74 Å². The molecule has 1 rings (SSSR count). The Morgan fingerprint density at radius 1 is 1.36 bits per heavy atom. The first-order valence-corrected chi connectivity index (χ1v) is 6.03. The van der Waals surface area contributed by atoms with Crippen LogP contribution in [0.25, 0.3) is 0 Å². The Morgan fingerprint density at radius 2 is 2.29 bits per heavy atom. The molecule has 1 N–H and O–H groups in total. The van der Waals surface area contributed by atoms with Gasteiger partial charge in [0.1, 0.15) is 0 Å². The molecule has 14 heavy (non-hydrogen) atoms. The summed E-state index contributed by atoms with van der Waals surface area (Å²) in [5.41, 5.74) is 0. The van der Waals surface area contributed by atoms with Gasteiger partial charge in [-0.25, -0.2) is 0 Å². The number of thiophene rings is 1. The van der Waals surface area contributed by atoms with Crippen LogP contribution in [0.15, 0.2) is 17.5 Å². The molecule has 0 amide bonds. The summed E-state index contributed by atoms with van der Waals surface area (Å²) in [7, 11) is 1.76. The Balaban J connectivity index is 1.85. The van der Waals surface area contributed by atoms with Gasteiger partial charge in [-0.15, -0.1) is 11.3 Å². The average Bonchev–Trinajstić information content (AvgIpc) is 2.69. The molecule has 3 heteroatoms. The number of nitrogens with one attached hydrogen (secondary N) is 1. The van der Waals surface area contributed by atoms with Gasteiger partial charge in [0, 0.05) is 25.1 Å². The Bertz CT molecular complexity index is 211. The third-order valence-electron chi connectivity index (χ3n) is 2.08. The third kappa shape index (κ3) is 5.37. The van der Waals surface area contributed by atoms with Crippen molar-refractivity contribution in [3.05, 3.63) is 22.4 Å². The van der Waals surface area contributed by atoms with Crippen LogP contribution in [-0.2, 0) is 11.3 Å². The molecule has 0 aliphatic carbocycles. The molecular formula is C11H19NOS. The zero-order valence-electron chi connectivity index (χ0n) is 8.79. The maximum absolute atomic E-state index is 4.99. The quantitative estimate of drug-likeness (QED) is 0.670. The van der Waals surface area contributed by atoms with Crippen molar-refractivity contribution in [2.24, 2.45) is 0 Å². The smallest absolute Gasteiger partial charge is 0.0462 e. The summed E-state index contributed by atoms with van der Waals surface area (Å²) in [5, 5.41) is 5.55. The average molecular weight is 213 g/mol. The minimum atomic E-state index is 0.894. The van der Waals surface area contributed by atoms with Crippen molar-refractivity contribution in [3.63, 3.8) is 0 Å². The molecule has 0 spiro atoms. The zero-order valence-corrected chi connectivity index (χ0v) is 9.61. The topological polar surface area (TPSA) is 21.3 Å². The number of methoxy groups -OCH3 is 1. The number of ether oxygens (including phenoxy) is 1. The predicted octanol–water partition coefficient (Wildman–Crippen LogP) is 2.65. The molecule has 0 unspecified atom stereocenters. The monoisotopic (exact) mass is 213 g/mol. The van der Waals surface area contributed by atoms with Gasteiger partial charge in [-0.3, -0.25) is 0 Å². The first-order valence-electron chi connectivity index (χ1n) is 5.15. The van der Waals surface area contributed by atoms with Crippen LogP contribution in [0.4, 0.5) is 0 Å². The van der Waals surface area contributed by atoms with Crippen LogP contribution in [0.5, 0.6) is 0 Å². The van der Waals surface area contributed by atoms with Crippen LogP contribution in [0.3, 0.4) is 0 Å². The van der Waals surface area contributed by atoms with Crippen molar-refractivity contribution < 1.29 is 4.74 Å². The fourth-order valence-electron chi connectivity index (χ4n) is 1.30. The molecule has 0 bridgehead atoms. The van der Waals surface area contributed by atoms with Gasteiger partial charge >= 0.3 is 0 Å². The second-order valence-electron chi connectivity index (χ2n) is 3.31. The molecular weight excluding hydrogens is 194 g/mol. The molecule has 0 aromatic carbocycles. The van der Waals surface area contributed by atoms with Crippen molar-refractivity contribution in [3.8, 4) is 0 Å². The molecule has 0 aliphatic heterocycles. The number of hydrogen-bond donors (Lipinski definition) is 1. The van der Waals surface area contributed by atoms with E-state index in [1.165, 1.54) is 24.1 Å². The van der Waals surface area contributed by atoms with Gasteiger partial charge in [0.15, 0.2) is 0 Å². The third-order valence-corrected chi connectivity index (χ3v) is 2.96. The van der Waals surface area contributed by atoms with Gasteiger partial charge < -0.3 is 10.1 Å². The molecule has 80 valence electrons. The summed E-state index contributed by atoms with van der Waals surface area (Å²) in [6, 6.07) is 4.27. The van der Waals surface area contributed by atoms with Crippen LogP contribution >= 0.6 is 11.3 Å². The van der Waals surface area contributed by atoms with Gasteiger partial charge in [-0.05, 0) is 37.3 Å². The van der Waals surface area contributed by atoms with E-state index in [9.17, 15) is 0 Å². The summed E-state index contributed by atoms with van der Waals surface area (Å²) in [5.74, 6) is 0. The van der Waals surface area contributed by atoms with E-state index < -0.39 is 0 Å². The minimum absolute atomic E-state index is 0.894. The molecule has 1 heterocycles. The van der Waals surface area contributed by atoms with Crippen LogP contribution in [0, 0.1) is 0 Å². The molecule has 0 aliphatic rings. The van der Waals surface area contributed by atoms with E-state index in [2.05, 4.69) is 22.8 Å². The van der Waals surface area contributed by atoms with Gasteiger partial charge in [0.2, 0.25) is 0 Å². The number of hydrogen-bond acceptors (Lipinski definition) is 3. The normalized spacial score (nSPS) is 10.6. The van der Waals surface area contributed by atoms with E-state index in [0.29, 0.717) is 0 Å².